The first-order valence-electron chi connectivity index (χ1n) is 6.67. The van der Waals surface area contributed by atoms with Gasteiger partial charge < -0.3 is 4.90 Å². The topological polar surface area (TPSA) is 95.2 Å². The molecule has 0 aromatic carbocycles. The van der Waals surface area contributed by atoms with Crippen LogP contribution in [-0.4, -0.2) is 55.3 Å². The Morgan fingerprint density at radius 2 is 2.40 bits per heavy atom. The van der Waals surface area contributed by atoms with Gasteiger partial charge in [0.1, 0.15) is 0 Å². The first kappa shape index (κ1) is 15.0. The molecule has 0 aliphatic carbocycles. The van der Waals surface area contributed by atoms with Crippen molar-refractivity contribution in [1.82, 2.24) is 19.8 Å². The zero-order valence-electron chi connectivity index (χ0n) is 11.5. The highest BCUT2D eigenvalue weighted by molar-refractivity contribution is 7.88. The predicted octanol–water partition coefficient (Wildman–Crippen LogP) is 0.0550. The number of amides is 1. The zero-order valence-corrected chi connectivity index (χ0v) is 12.3. The minimum atomic E-state index is -3.23. The Balaban J connectivity index is 1.84. The van der Waals surface area contributed by atoms with Crippen molar-refractivity contribution in [3.05, 3.63) is 18.0 Å². The lowest BCUT2D eigenvalue weighted by molar-refractivity contribution is -0.132. The molecule has 1 atom stereocenters. The molecule has 7 nitrogen and oxygen atoms in total. The number of nitrogens with zero attached hydrogens (tertiary/aromatic N) is 2. The van der Waals surface area contributed by atoms with E-state index in [1.54, 1.807) is 11.1 Å². The maximum absolute atomic E-state index is 12.1. The minimum Gasteiger partial charge on any atom is -0.342 e. The number of carbonyl (C=O) groups excluding carboxylic acids is 1. The van der Waals surface area contributed by atoms with Gasteiger partial charge in [-0.2, -0.15) is 5.10 Å². The number of aromatic nitrogens is 2. The van der Waals surface area contributed by atoms with E-state index >= 15 is 0 Å². The molecule has 1 fully saturated rings. The molecule has 1 aliphatic rings. The summed E-state index contributed by atoms with van der Waals surface area (Å²) in [7, 11) is -3.23. The highest BCUT2D eigenvalue weighted by Gasteiger charge is 2.25. The summed E-state index contributed by atoms with van der Waals surface area (Å²) < 4.78 is 24.2. The van der Waals surface area contributed by atoms with Crippen molar-refractivity contribution in [3.63, 3.8) is 0 Å². The largest absolute Gasteiger partial charge is 0.342 e. The molecule has 20 heavy (non-hydrogen) atoms. The first-order chi connectivity index (χ1) is 9.46. The number of hydrogen-bond acceptors (Lipinski definition) is 4. The van der Waals surface area contributed by atoms with Crippen LogP contribution in [0.5, 0.6) is 0 Å². The number of nitrogens with one attached hydrogen (secondary N) is 2. The van der Waals surface area contributed by atoms with Crippen molar-refractivity contribution in [1.29, 1.82) is 0 Å². The molecule has 1 saturated heterocycles. The van der Waals surface area contributed by atoms with Crippen molar-refractivity contribution >= 4 is 15.9 Å². The molecule has 8 heteroatoms. The lowest BCUT2D eigenvalue weighted by atomic mass is 9.95. The lowest BCUT2D eigenvalue weighted by Crippen LogP contribution is -2.40. The third-order valence-corrected chi connectivity index (χ3v) is 4.17. The maximum Gasteiger partial charge on any atom is 0.223 e. The molecule has 2 N–H and O–H groups in total. The van der Waals surface area contributed by atoms with Crippen LogP contribution in [0, 0.1) is 0 Å². The average Bonchev–Trinajstić information content (AvgIpc) is 2.91. The number of piperidine rings is 1. The second-order valence-electron chi connectivity index (χ2n) is 5.11. The number of carbonyl (C=O) groups is 1. The van der Waals surface area contributed by atoms with Gasteiger partial charge in [0.25, 0.3) is 0 Å². The van der Waals surface area contributed by atoms with Crippen LogP contribution in [-0.2, 0) is 14.8 Å². The summed E-state index contributed by atoms with van der Waals surface area (Å²) in [5.41, 5.74) is 1.05. The highest BCUT2D eigenvalue weighted by Crippen LogP contribution is 2.25. The van der Waals surface area contributed by atoms with E-state index in [2.05, 4.69) is 14.9 Å². The van der Waals surface area contributed by atoms with E-state index in [9.17, 15) is 13.2 Å². The molecule has 112 valence electrons. The van der Waals surface area contributed by atoms with Gasteiger partial charge in [0.05, 0.1) is 6.26 Å². The van der Waals surface area contributed by atoms with Gasteiger partial charge in [-0.1, -0.05) is 0 Å². The molecule has 1 aromatic heterocycles. The summed E-state index contributed by atoms with van der Waals surface area (Å²) in [6, 6.07) is 1.93. The summed E-state index contributed by atoms with van der Waals surface area (Å²) in [4.78, 5) is 13.9. The van der Waals surface area contributed by atoms with E-state index in [-0.39, 0.29) is 24.8 Å². The number of likely N-dealkylation sites (tertiary alicyclic amines) is 1. The molecular weight excluding hydrogens is 280 g/mol. The molecule has 0 saturated carbocycles. The minimum absolute atomic E-state index is 0.00892. The summed E-state index contributed by atoms with van der Waals surface area (Å²) in [5.74, 6) is 0.281. The maximum atomic E-state index is 12.1. The second kappa shape index (κ2) is 6.36. The van der Waals surface area contributed by atoms with Crippen LogP contribution in [0.15, 0.2) is 12.3 Å². The number of aromatic amines is 1. The number of rotatable bonds is 5. The van der Waals surface area contributed by atoms with Gasteiger partial charge in [0.2, 0.25) is 15.9 Å². The van der Waals surface area contributed by atoms with Crippen molar-refractivity contribution in [2.24, 2.45) is 0 Å². The van der Waals surface area contributed by atoms with Crippen LogP contribution in [0.1, 0.15) is 30.9 Å². The molecule has 0 unspecified atom stereocenters. The van der Waals surface area contributed by atoms with Crippen LogP contribution in [0.2, 0.25) is 0 Å². The summed E-state index contributed by atoms with van der Waals surface area (Å²) in [6.07, 6.45) is 4.99. The van der Waals surface area contributed by atoms with Gasteiger partial charge in [0.15, 0.2) is 0 Å². The molecule has 0 radical (unpaired) electrons. The molecule has 1 amide bonds. The molecule has 1 aromatic rings. The Hall–Kier alpha value is -1.41. The zero-order chi connectivity index (χ0) is 14.6. The second-order valence-corrected chi connectivity index (χ2v) is 6.94. The van der Waals surface area contributed by atoms with Crippen molar-refractivity contribution < 1.29 is 13.2 Å². The molecule has 0 spiro atoms. The summed E-state index contributed by atoms with van der Waals surface area (Å²) in [6.45, 7) is 1.56. The third kappa shape index (κ3) is 4.31. The standard InChI is InChI=1S/C12H20N4O3S/c1-20(18,19)14-7-5-12(17)16-8-2-3-10(9-16)11-4-6-13-15-11/h4,6,10,14H,2-3,5,7-9H2,1H3,(H,13,15)/t10-/m0/s1. The van der Waals surface area contributed by atoms with E-state index in [4.69, 9.17) is 0 Å². The van der Waals surface area contributed by atoms with Crippen LogP contribution in [0.4, 0.5) is 0 Å². The monoisotopic (exact) mass is 300 g/mol. The Morgan fingerprint density at radius 1 is 1.60 bits per heavy atom. The Morgan fingerprint density at radius 3 is 3.05 bits per heavy atom. The molecule has 0 bridgehead atoms. The van der Waals surface area contributed by atoms with Crippen LogP contribution >= 0.6 is 0 Å². The average molecular weight is 300 g/mol. The lowest BCUT2D eigenvalue weighted by Gasteiger charge is -2.32. The fourth-order valence-corrected chi connectivity index (χ4v) is 2.93. The molecule has 2 rings (SSSR count). The smallest absolute Gasteiger partial charge is 0.223 e. The van der Waals surface area contributed by atoms with Crippen LogP contribution in [0.25, 0.3) is 0 Å². The normalized spacial score (nSPS) is 20.1. The van der Waals surface area contributed by atoms with E-state index in [1.807, 2.05) is 6.07 Å². The summed E-state index contributed by atoms with van der Waals surface area (Å²) >= 11 is 0. The Labute approximate surface area is 118 Å². The highest BCUT2D eigenvalue weighted by atomic mass is 32.2. The van der Waals surface area contributed by atoms with E-state index in [0.717, 1.165) is 31.3 Å². The number of H-pyrrole nitrogens is 1. The fourth-order valence-electron chi connectivity index (χ4n) is 2.45. The van der Waals surface area contributed by atoms with Crippen LogP contribution < -0.4 is 4.72 Å². The number of sulfonamides is 1. The predicted molar refractivity (Wildman–Crippen MR) is 74.6 cm³/mol. The van der Waals surface area contributed by atoms with Gasteiger partial charge in [0, 0.05) is 43.9 Å². The van der Waals surface area contributed by atoms with E-state index < -0.39 is 10.0 Å². The number of hydrogen-bond donors (Lipinski definition) is 2. The van der Waals surface area contributed by atoms with E-state index in [1.165, 1.54) is 0 Å². The quantitative estimate of drug-likeness (QED) is 0.803. The van der Waals surface area contributed by atoms with Crippen molar-refractivity contribution in [2.75, 3.05) is 25.9 Å². The first-order valence-corrected chi connectivity index (χ1v) is 8.56. The van der Waals surface area contributed by atoms with Gasteiger partial charge >= 0.3 is 0 Å². The van der Waals surface area contributed by atoms with Gasteiger partial charge in [-0.25, -0.2) is 13.1 Å². The van der Waals surface area contributed by atoms with Crippen LogP contribution in [0.3, 0.4) is 0 Å². The van der Waals surface area contributed by atoms with Crippen molar-refractivity contribution in [3.8, 4) is 0 Å². The molecular formula is C12H20N4O3S. The Bertz CT molecular complexity index is 541. The molecule has 2 heterocycles. The van der Waals surface area contributed by atoms with Gasteiger partial charge in [-0.05, 0) is 18.9 Å². The fraction of sp³-hybridized carbons (Fsp3) is 0.667. The van der Waals surface area contributed by atoms with Gasteiger partial charge in [-0.3, -0.25) is 9.89 Å². The third-order valence-electron chi connectivity index (χ3n) is 3.44. The summed E-state index contributed by atoms with van der Waals surface area (Å²) in [5, 5.41) is 6.89. The van der Waals surface area contributed by atoms with Crippen molar-refractivity contribution in [2.45, 2.75) is 25.2 Å². The van der Waals surface area contributed by atoms with E-state index in [0.29, 0.717) is 6.54 Å². The SMILES string of the molecule is CS(=O)(=O)NCCC(=O)N1CCC[C@H](c2ccn[nH]2)C1. The van der Waals surface area contributed by atoms with Gasteiger partial charge in [-0.15, -0.1) is 0 Å². The Kier molecular flexibility index (Phi) is 4.77. The molecule has 1 aliphatic heterocycles.